The Morgan fingerprint density at radius 3 is 2.27 bits per heavy atom. The van der Waals surface area contributed by atoms with Crippen LogP contribution in [0.1, 0.15) is 22.8 Å². The second kappa shape index (κ2) is 4.13. The molecular formula is C13H13NO. The van der Waals surface area contributed by atoms with E-state index in [2.05, 4.69) is 4.57 Å². The molecule has 1 aromatic heterocycles. The van der Waals surface area contributed by atoms with Crippen LogP contribution in [0.15, 0.2) is 48.8 Å². The van der Waals surface area contributed by atoms with Crippen molar-refractivity contribution in [1.82, 2.24) is 4.57 Å². The molecule has 0 unspecified atom stereocenters. The van der Waals surface area contributed by atoms with Gasteiger partial charge in [0.25, 0.3) is 0 Å². The van der Waals surface area contributed by atoms with E-state index in [1.165, 1.54) is 5.56 Å². The number of benzene rings is 1. The molecule has 0 bridgehead atoms. The van der Waals surface area contributed by atoms with Crippen LogP contribution in [0.2, 0.25) is 0 Å². The molecule has 2 heteroatoms. The van der Waals surface area contributed by atoms with Crippen LogP contribution in [0.3, 0.4) is 0 Å². The van der Waals surface area contributed by atoms with Crippen LogP contribution in [0.5, 0.6) is 0 Å². The quantitative estimate of drug-likeness (QED) is 0.697. The molecule has 2 nitrogen and oxygen atoms in total. The van der Waals surface area contributed by atoms with Crippen LogP contribution in [0.4, 0.5) is 0 Å². The summed E-state index contributed by atoms with van der Waals surface area (Å²) in [5.41, 5.74) is 1.97. The van der Waals surface area contributed by atoms with Crippen LogP contribution in [0, 0.1) is 0 Å². The highest BCUT2D eigenvalue weighted by atomic mass is 16.1. The minimum absolute atomic E-state index is 0.113. The number of hydrogen-bond donors (Lipinski definition) is 0. The fraction of sp³-hybridized carbons (Fsp3) is 0.154. The molecule has 1 heterocycles. The van der Waals surface area contributed by atoms with Gasteiger partial charge in [-0.15, -0.1) is 0 Å². The van der Waals surface area contributed by atoms with E-state index in [0.29, 0.717) is 0 Å². The molecule has 1 aromatic carbocycles. The Labute approximate surface area is 89.2 Å². The van der Waals surface area contributed by atoms with Crippen molar-refractivity contribution in [3.05, 3.63) is 59.9 Å². The average molecular weight is 199 g/mol. The first-order valence-electron chi connectivity index (χ1n) is 4.96. The highest BCUT2D eigenvalue weighted by molar-refractivity contribution is 5.93. The second-order valence-electron chi connectivity index (χ2n) is 3.61. The third-order valence-corrected chi connectivity index (χ3v) is 2.39. The molecule has 0 aliphatic rings. The first-order valence-corrected chi connectivity index (χ1v) is 4.96. The van der Waals surface area contributed by atoms with Crippen molar-refractivity contribution in [2.75, 3.05) is 0 Å². The zero-order valence-electron chi connectivity index (χ0n) is 8.68. The van der Waals surface area contributed by atoms with Crippen LogP contribution in [-0.2, 0) is 6.54 Å². The molecule has 0 spiro atoms. The van der Waals surface area contributed by atoms with Crippen molar-refractivity contribution < 1.29 is 4.79 Å². The zero-order valence-corrected chi connectivity index (χ0v) is 8.68. The summed E-state index contributed by atoms with van der Waals surface area (Å²) in [6.07, 6.45) is 4.05. The molecule has 0 saturated carbocycles. The standard InChI is InChI=1S/C13H13NO/c1-11(15)13-6-4-12(5-7-13)10-14-8-2-3-9-14/h2-9H,10H2,1H3. The summed E-state index contributed by atoms with van der Waals surface area (Å²) in [5, 5.41) is 0. The average Bonchev–Trinajstić information content (AvgIpc) is 2.71. The van der Waals surface area contributed by atoms with Gasteiger partial charge in [0.2, 0.25) is 0 Å². The molecule has 0 fully saturated rings. The summed E-state index contributed by atoms with van der Waals surface area (Å²) in [7, 11) is 0. The molecule has 0 aliphatic heterocycles. The van der Waals surface area contributed by atoms with Crippen LogP contribution < -0.4 is 0 Å². The van der Waals surface area contributed by atoms with E-state index in [0.717, 1.165) is 12.1 Å². The van der Waals surface area contributed by atoms with E-state index >= 15 is 0 Å². The van der Waals surface area contributed by atoms with Gasteiger partial charge in [0.05, 0.1) is 0 Å². The predicted molar refractivity (Wildman–Crippen MR) is 60.0 cm³/mol. The summed E-state index contributed by atoms with van der Waals surface area (Å²) in [4.78, 5) is 11.1. The number of nitrogens with zero attached hydrogens (tertiary/aromatic N) is 1. The molecular weight excluding hydrogens is 186 g/mol. The summed E-state index contributed by atoms with van der Waals surface area (Å²) in [5.74, 6) is 0.113. The Morgan fingerprint density at radius 2 is 1.73 bits per heavy atom. The molecule has 0 N–H and O–H groups in total. The van der Waals surface area contributed by atoms with Gasteiger partial charge in [-0.2, -0.15) is 0 Å². The molecule has 76 valence electrons. The number of ketones is 1. The molecule has 2 aromatic rings. The maximum absolute atomic E-state index is 11.1. The molecule has 0 aliphatic carbocycles. The van der Waals surface area contributed by atoms with E-state index in [1.54, 1.807) is 6.92 Å². The monoisotopic (exact) mass is 199 g/mol. The van der Waals surface area contributed by atoms with Crippen molar-refractivity contribution in [1.29, 1.82) is 0 Å². The first-order chi connectivity index (χ1) is 7.25. The molecule has 15 heavy (non-hydrogen) atoms. The molecule has 0 atom stereocenters. The minimum Gasteiger partial charge on any atom is -0.350 e. The molecule has 2 rings (SSSR count). The Kier molecular flexibility index (Phi) is 2.68. The van der Waals surface area contributed by atoms with Gasteiger partial charge in [0.15, 0.2) is 5.78 Å². The lowest BCUT2D eigenvalue weighted by molar-refractivity contribution is 0.101. The number of rotatable bonds is 3. The smallest absolute Gasteiger partial charge is 0.159 e. The minimum atomic E-state index is 0.113. The van der Waals surface area contributed by atoms with Crippen LogP contribution in [0.25, 0.3) is 0 Å². The zero-order chi connectivity index (χ0) is 10.7. The van der Waals surface area contributed by atoms with E-state index < -0.39 is 0 Å². The maximum atomic E-state index is 11.1. The van der Waals surface area contributed by atoms with Crippen molar-refractivity contribution in [2.24, 2.45) is 0 Å². The third kappa shape index (κ3) is 2.34. The van der Waals surface area contributed by atoms with E-state index in [4.69, 9.17) is 0 Å². The van der Waals surface area contributed by atoms with Crippen molar-refractivity contribution in [3.63, 3.8) is 0 Å². The van der Waals surface area contributed by atoms with Gasteiger partial charge in [0.1, 0.15) is 0 Å². The largest absolute Gasteiger partial charge is 0.350 e. The normalized spacial score (nSPS) is 10.2. The lowest BCUT2D eigenvalue weighted by atomic mass is 10.1. The topological polar surface area (TPSA) is 22.0 Å². The highest BCUT2D eigenvalue weighted by Crippen LogP contribution is 2.07. The van der Waals surface area contributed by atoms with Gasteiger partial charge >= 0.3 is 0 Å². The number of aromatic nitrogens is 1. The Morgan fingerprint density at radius 1 is 1.13 bits per heavy atom. The van der Waals surface area contributed by atoms with Gasteiger partial charge in [0, 0.05) is 24.5 Å². The van der Waals surface area contributed by atoms with Gasteiger partial charge < -0.3 is 4.57 Å². The van der Waals surface area contributed by atoms with Gasteiger partial charge in [-0.1, -0.05) is 24.3 Å². The lowest BCUT2D eigenvalue weighted by Gasteiger charge is -2.03. The Bertz CT molecular complexity index is 440. The van der Waals surface area contributed by atoms with E-state index in [9.17, 15) is 4.79 Å². The molecule has 0 amide bonds. The Hall–Kier alpha value is -1.83. The third-order valence-electron chi connectivity index (χ3n) is 2.39. The number of carbonyl (C=O) groups is 1. The number of Topliss-reactive ketones (excluding diaryl/α,β-unsaturated/α-hetero) is 1. The number of hydrogen-bond acceptors (Lipinski definition) is 1. The van der Waals surface area contributed by atoms with Gasteiger partial charge in [-0.25, -0.2) is 0 Å². The van der Waals surface area contributed by atoms with Gasteiger partial charge in [-0.3, -0.25) is 4.79 Å². The Balaban J connectivity index is 2.14. The van der Waals surface area contributed by atoms with Crippen molar-refractivity contribution in [2.45, 2.75) is 13.5 Å². The predicted octanol–water partition coefficient (Wildman–Crippen LogP) is 2.74. The highest BCUT2D eigenvalue weighted by Gasteiger charge is 1.98. The summed E-state index contributed by atoms with van der Waals surface area (Å²) in [6.45, 7) is 2.44. The molecule has 0 saturated heterocycles. The summed E-state index contributed by atoms with van der Waals surface area (Å²) >= 11 is 0. The number of carbonyl (C=O) groups excluding carboxylic acids is 1. The van der Waals surface area contributed by atoms with Crippen molar-refractivity contribution >= 4 is 5.78 Å². The molecule has 0 radical (unpaired) electrons. The first kappa shape index (κ1) is 9.71. The lowest BCUT2D eigenvalue weighted by Crippen LogP contribution is -1.97. The second-order valence-corrected chi connectivity index (χ2v) is 3.61. The SMILES string of the molecule is CC(=O)c1ccc(Cn2cccc2)cc1. The van der Waals surface area contributed by atoms with Crippen molar-refractivity contribution in [3.8, 4) is 0 Å². The summed E-state index contributed by atoms with van der Waals surface area (Å²) in [6, 6.07) is 11.8. The van der Waals surface area contributed by atoms with E-state index in [-0.39, 0.29) is 5.78 Å². The fourth-order valence-electron chi connectivity index (χ4n) is 1.53. The fourth-order valence-corrected chi connectivity index (χ4v) is 1.53. The van der Waals surface area contributed by atoms with Gasteiger partial charge in [-0.05, 0) is 24.6 Å². The van der Waals surface area contributed by atoms with Crippen LogP contribution >= 0.6 is 0 Å². The summed E-state index contributed by atoms with van der Waals surface area (Å²) < 4.78 is 2.10. The van der Waals surface area contributed by atoms with E-state index in [1.807, 2.05) is 48.8 Å². The van der Waals surface area contributed by atoms with Crippen LogP contribution in [-0.4, -0.2) is 10.4 Å². The maximum Gasteiger partial charge on any atom is 0.159 e.